The molecule has 30 heavy (non-hydrogen) atoms. The monoisotopic (exact) mass is 434 g/mol. The van der Waals surface area contributed by atoms with E-state index in [1.165, 1.54) is 13.4 Å². The van der Waals surface area contributed by atoms with Crippen molar-refractivity contribution in [1.82, 2.24) is 0 Å². The Morgan fingerprint density at radius 3 is 2.53 bits per heavy atom. The first-order valence-corrected chi connectivity index (χ1v) is 9.99. The van der Waals surface area contributed by atoms with Crippen molar-refractivity contribution >= 4 is 5.97 Å². The molecule has 172 valence electrons. The van der Waals surface area contributed by atoms with Gasteiger partial charge in [0.2, 0.25) is 6.29 Å². The van der Waals surface area contributed by atoms with E-state index in [1.807, 2.05) is 6.92 Å². The van der Waals surface area contributed by atoms with Crippen LogP contribution in [0, 0.1) is 11.8 Å². The Labute approximate surface area is 174 Å². The lowest BCUT2D eigenvalue weighted by Gasteiger charge is -2.47. The molecule has 0 aromatic heterocycles. The zero-order valence-electron chi connectivity index (χ0n) is 17.1. The lowest BCUT2D eigenvalue weighted by atomic mass is 9.77. The Balaban J connectivity index is 1.82. The molecule has 3 aliphatic rings. The normalized spacial score (nSPS) is 43.9. The second-order valence-electron chi connectivity index (χ2n) is 7.55. The summed E-state index contributed by atoms with van der Waals surface area (Å²) in [4.78, 5) is 12.3. The number of hydrogen-bond donors (Lipinski definition) is 4. The molecule has 0 aromatic carbocycles. The van der Waals surface area contributed by atoms with Crippen LogP contribution in [0.2, 0.25) is 0 Å². The predicted octanol–water partition coefficient (Wildman–Crippen LogP) is -1.38. The van der Waals surface area contributed by atoms with Crippen LogP contribution in [0.4, 0.5) is 0 Å². The summed E-state index contributed by atoms with van der Waals surface area (Å²) in [7, 11) is 1.28. The summed E-state index contributed by atoms with van der Waals surface area (Å²) in [6, 6.07) is 0. The van der Waals surface area contributed by atoms with Crippen molar-refractivity contribution in [2.45, 2.75) is 69.7 Å². The van der Waals surface area contributed by atoms with E-state index >= 15 is 0 Å². The molecule has 11 nitrogen and oxygen atoms in total. The van der Waals surface area contributed by atoms with E-state index in [0.29, 0.717) is 18.6 Å². The van der Waals surface area contributed by atoms with Gasteiger partial charge in [0.05, 0.1) is 37.6 Å². The third-order valence-electron chi connectivity index (χ3n) is 5.75. The second kappa shape index (κ2) is 9.88. The van der Waals surface area contributed by atoms with Crippen molar-refractivity contribution in [3.8, 4) is 0 Å². The van der Waals surface area contributed by atoms with Gasteiger partial charge in [-0.05, 0) is 13.8 Å². The Morgan fingerprint density at radius 1 is 1.17 bits per heavy atom. The molecule has 2 fully saturated rings. The van der Waals surface area contributed by atoms with E-state index in [2.05, 4.69) is 0 Å². The minimum absolute atomic E-state index is 0.316. The van der Waals surface area contributed by atoms with E-state index < -0.39 is 67.9 Å². The van der Waals surface area contributed by atoms with Gasteiger partial charge in [0.25, 0.3) is 0 Å². The molecule has 0 spiro atoms. The van der Waals surface area contributed by atoms with Gasteiger partial charge in [-0.3, -0.25) is 0 Å². The van der Waals surface area contributed by atoms with Crippen LogP contribution in [-0.2, 0) is 33.2 Å². The second-order valence-corrected chi connectivity index (χ2v) is 7.55. The molecular formula is C19H30O11. The zero-order chi connectivity index (χ0) is 22.0. The predicted molar refractivity (Wildman–Crippen MR) is 97.4 cm³/mol. The van der Waals surface area contributed by atoms with Crippen LogP contribution in [0.15, 0.2) is 11.8 Å². The molecule has 3 aliphatic heterocycles. The van der Waals surface area contributed by atoms with Crippen molar-refractivity contribution in [3.63, 3.8) is 0 Å². The van der Waals surface area contributed by atoms with E-state index in [4.69, 9.17) is 28.4 Å². The van der Waals surface area contributed by atoms with Crippen LogP contribution in [0.1, 0.15) is 20.3 Å². The molecule has 0 radical (unpaired) electrons. The number of rotatable bonds is 6. The highest BCUT2D eigenvalue weighted by Crippen LogP contribution is 2.43. The third-order valence-corrected chi connectivity index (χ3v) is 5.75. The molecule has 4 N–H and O–H groups in total. The maximum atomic E-state index is 12.3. The summed E-state index contributed by atoms with van der Waals surface area (Å²) in [5.74, 6) is -1.39. The maximum Gasteiger partial charge on any atom is 0.337 e. The summed E-state index contributed by atoms with van der Waals surface area (Å²) < 4.78 is 33.2. The molecule has 11 heteroatoms. The fraction of sp³-hybridized carbons (Fsp3) is 0.842. The Bertz CT molecular complexity index is 624. The number of methoxy groups -OCH3 is 1. The minimum Gasteiger partial charge on any atom is -0.471 e. The molecule has 2 saturated heterocycles. The average molecular weight is 434 g/mol. The third kappa shape index (κ3) is 4.48. The van der Waals surface area contributed by atoms with Gasteiger partial charge in [0.1, 0.15) is 24.4 Å². The number of esters is 1. The number of fused-ring (bicyclic) bond motifs is 1. The Kier molecular flexibility index (Phi) is 7.69. The summed E-state index contributed by atoms with van der Waals surface area (Å²) in [6.45, 7) is 3.49. The smallest absolute Gasteiger partial charge is 0.337 e. The minimum atomic E-state index is -1.58. The van der Waals surface area contributed by atoms with Crippen LogP contribution >= 0.6 is 0 Å². The first-order valence-electron chi connectivity index (χ1n) is 9.99. The highest BCUT2D eigenvalue weighted by atomic mass is 16.8. The van der Waals surface area contributed by atoms with E-state index in [0.717, 1.165) is 0 Å². The lowest BCUT2D eigenvalue weighted by Crippen LogP contribution is -2.61. The van der Waals surface area contributed by atoms with Crippen molar-refractivity contribution in [2.24, 2.45) is 11.8 Å². The van der Waals surface area contributed by atoms with E-state index in [-0.39, 0.29) is 5.92 Å². The quantitative estimate of drug-likeness (QED) is 0.366. The van der Waals surface area contributed by atoms with E-state index in [9.17, 15) is 25.2 Å². The van der Waals surface area contributed by atoms with Crippen molar-refractivity contribution in [2.75, 3.05) is 20.3 Å². The zero-order valence-corrected chi connectivity index (χ0v) is 17.1. The molecule has 0 aromatic rings. The molecule has 0 unspecified atom stereocenters. The van der Waals surface area contributed by atoms with Crippen molar-refractivity contribution in [1.29, 1.82) is 0 Å². The fourth-order valence-electron chi connectivity index (χ4n) is 4.19. The topological polar surface area (TPSA) is 153 Å². The van der Waals surface area contributed by atoms with Crippen molar-refractivity contribution < 1.29 is 53.6 Å². The molecule has 0 saturated carbocycles. The first kappa shape index (κ1) is 23.4. The maximum absolute atomic E-state index is 12.3. The molecule has 0 aliphatic carbocycles. The number of carbonyl (C=O) groups excluding carboxylic acids is 1. The Hall–Kier alpha value is -1.31. The molecule has 0 bridgehead atoms. The summed E-state index contributed by atoms with van der Waals surface area (Å²) in [5, 5.41) is 39.6. The number of aliphatic hydroxyl groups is 4. The van der Waals surface area contributed by atoms with Crippen LogP contribution in [0.5, 0.6) is 0 Å². The highest BCUT2D eigenvalue weighted by Gasteiger charge is 2.51. The average Bonchev–Trinajstić information content (AvgIpc) is 2.73. The first-order chi connectivity index (χ1) is 14.3. The lowest BCUT2D eigenvalue weighted by molar-refractivity contribution is -0.353. The molecule has 3 heterocycles. The van der Waals surface area contributed by atoms with Crippen LogP contribution in [-0.4, -0.2) is 96.1 Å². The largest absolute Gasteiger partial charge is 0.471 e. The van der Waals surface area contributed by atoms with Gasteiger partial charge < -0.3 is 48.8 Å². The summed E-state index contributed by atoms with van der Waals surface area (Å²) in [5.41, 5.74) is 0.316. The number of carbonyl (C=O) groups is 1. The molecule has 10 atom stereocenters. The SMILES string of the molecule is CCO[C@@H]1C[C@@H]2C(C(=O)OC)=CO[C@H](O[C@@H]3O[C@H](CO)[C@@H](O)[C@H](O)[C@H]3O)[C@H]2[C@H](C)O1. The molecule has 3 rings (SSSR count). The number of ether oxygens (including phenoxy) is 6. The standard InChI is InChI=1S/C19H30O11/c1-4-26-12-5-9-10(17(24)25-3)7-27-18(13(9)8(2)28-12)30-19-16(23)15(22)14(21)11(6-20)29-19/h7-9,11-16,18-23H,4-6H2,1-3H3/t8-,9+,11+,12-,13-,14+,15-,16+,18+,19-/m0/s1. The highest BCUT2D eigenvalue weighted by molar-refractivity contribution is 5.88. The van der Waals surface area contributed by atoms with Crippen LogP contribution in [0.3, 0.4) is 0 Å². The van der Waals surface area contributed by atoms with Crippen molar-refractivity contribution in [3.05, 3.63) is 11.8 Å². The molecular weight excluding hydrogens is 404 g/mol. The summed E-state index contributed by atoms with van der Waals surface area (Å²) in [6.07, 6.45) is -7.51. The van der Waals surface area contributed by atoms with E-state index in [1.54, 1.807) is 6.92 Å². The van der Waals surface area contributed by atoms with Gasteiger partial charge in [-0.25, -0.2) is 4.79 Å². The molecule has 0 amide bonds. The van der Waals surface area contributed by atoms with Crippen LogP contribution < -0.4 is 0 Å². The van der Waals surface area contributed by atoms with Gasteiger partial charge in [0, 0.05) is 18.9 Å². The van der Waals surface area contributed by atoms with Gasteiger partial charge in [-0.15, -0.1) is 0 Å². The fourth-order valence-corrected chi connectivity index (χ4v) is 4.19. The van der Waals surface area contributed by atoms with Gasteiger partial charge in [0.15, 0.2) is 12.6 Å². The van der Waals surface area contributed by atoms with Gasteiger partial charge >= 0.3 is 5.97 Å². The number of aliphatic hydroxyl groups excluding tert-OH is 4. The van der Waals surface area contributed by atoms with Gasteiger partial charge in [-0.2, -0.15) is 0 Å². The van der Waals surface area contributed by atoms with Gasteiger partial charge in [-0.1, -0.05) is 0 Å². The number of hydrogen-bond acceptors (Lipinski definition) is 11. The summed E-state index contributed by atoms with van der Waals surface area (Å²) >= 11 is 0. The van der Waals surface area contributed by atoms with Crippen LogP contribution in [0.25, 0.3) is 0 Å². The Morgan fingerprint density at radius 2 is 1.90 bits per heavy atom.